The third-order valence-electron chi connectivity index (χ3n) is 4.22. The van der Waals surface area contributed by atoms with Gasteiger partial charge in [0.2, 0.25) is 0 Å². The van der Waals surface area contributed by atoms with Gasteiger partial charge in [-0.3, -0.25) is 0 Å². The molecule has 126 valence electrons. The summed E-state index contributed by atoms with van der Waals surface area (Å²) >= 11 is 3.07. The molecular weight excluding hydrogens is 392 g/mol. The fraction of sp³-hybridized carbons (Fsp3) is 0.222. The van der Waals surface area contributed by atoms with Gasteiger partial charge in [-0.15, -0.1) is 0 Å². The molecule has 2 aromatic rings. The average molecular weight is 404 g/mol. The molecule has 0 amide bonds. The molecule has 1 aliphatic rings. The molecule has 0 spiro atoms. The van der Waals surface area contributed by atoms with Crippen LogP contribution in [-0.4, -0.2) is 13.7 Å². The van der Waals surface area contributed by atoms with Gasteiger partial charge in [0.1, 0.15) is 23.5 Å². The Kier molecular flexibility index (Phi) is 4.71. The highest BCUT2D eigenvalue weighted by atomic mass is 79.9. The number of fused-ring (bicyclic) bond motifs is 1. The Bertz CT molecular complexity index is 933. The van der Waals surface area contributed by atoms with Crippen LogP contribution in [0.25, 0.3) is 0 Å². The molecule has 25 heavy (non-hydrogen) atoms. The SMILES string of the molecule is COC1CCN(c2ccc(Br)c(F)c2C#N)c2c(C#N)cc(F)cc21. The molecule has 0 radical (unpaired) electrons. The average Bonchev–Trinajstić information content (AvgIpc) is 2.62. The van der Waals surface area contributed by atoms with Crippen LogP contribution in [0.3, 0.4) is 0 Å². The highest BCUT2D eigenvalue weighted by Crippen LogP contribution is 2.44. The molecule has 2 aromatic carbocycles. The van der Waals surface area contributed by atoms with E-state index in [1.165, 1.54) is 19.2 Å². The molecule has 0 aliphatic carbocycles. The first-order valence-corrected chi connectivity index (χ1v) is 8.23. The van der Waals surface area contributed by atoms with Crippen LogP contribution in [0.15, 0.2) is 28.7 Å². The molecule has 0 saturated heterocycles. The van der Waals surface area contributed by atoms with Crippen LogP contribution in [0.5, 0.6) is 0 Å². The molecule has 1 aliphatic heterocycles. The Morgan fingerprint density at radius 2 is 2.00 bits per heavy atom. The highest BCUT2D eigenvalue weighted by molar-refractivity contribution is 9.10. The first-order chi connectivity index (χ1) is 12.0. The summed E-state index contributed by atoms with van der Waals surface area (Å²) in [5.74, 6) is -1.21. The van der Waals surface area contributed by atoms with Crippen LogP contribution in [-0.2, 0) is 4.74 Å². The molecule has 0 bridgehead atoms. The summed E-state index contributed by atoms with van der Waals surface area (Å²) in [5, 5.41) is 18.8. The van der Waals surface area contributed by atoms with Crippen LogP contribution in [0.2, 0.25) is 0 Å². The summed E-state index contributed by atoms with van der Waals surface area (Å²) in [6.45, 7) is 0.404. The van der Waals surface area contributed by atoms with Crippen molar-refractivity contribution >= 4 is 27.3 Å². The standard InChI is InChI=1S/C18H12BrF2N3O/c1-25-16-4-5-24(15-3-2-14(19)17(21)13(15)9-23)18-10(8-22)6-11(20)7-12(16)18/h2-3,6-7,16H,4-5H2,1H3. The topological polar surface area (TPSA) is 60.0 Å². The predicted molar refractivity (Wildman–Crippen MR) is 91.3 cm³/mol. The van der Waals surface area contributed by atoms with E-state index in [9.17, 15) is 19.3 Å². The van der Waals surface area contributed by atoms with Crippen LogP contribution >= 0.6 is 15.9 Å². The number of hydrogen-bond acceptors (Lipinski definition) is 4. The molecule has 3 rings (SSSR count). The summed E-state index contributed by atoms with van der Waals surface area (Å²) in [5.41, 5.74) is 1.27. The van der Waals surface area contributed by atoms with Crippen molar-refractivity contribution in [2.24, 2.45) is 0 Å². The van der Waals surface area contributed by atoms with Crippen molar-refractivity contribution in [1.29, 1.82) is 10.5 Å². The van der Waals surface area contributed by atoms with Crippen LogP contribution < -0.4 is 4.90 Å². The Balaban J connectivity index is 2.28. The lowest BCUT2D eigenvalue weighted by Crippen LogP contribution is -2.29. The molecule has 4 nitrogen and oxygen atoms in total. The fourth-order valence-corrected chi connectivity index (χ4v) is 3.45. The van der Waals surface area contributed by atoms with Gasteiger partial charge in [-0.05, 0) is 46.6 Å². The van der Waals surface area contributed by atoms with Gasteiger partial charge in [-0.1, -0.05) is 0 Å². The van der Waals surface area contributed by atoms with E-state index in [4.69, 9.17) is 4.74 Å². The Labute approximate surface area is 152 Å². The number of hydrogen-bond donors (Lipinski definition) is 0. The van der Waals surface area contributed by atoms with Crippen LogP contribution in [0.4, 0.5) is 20.2 Å². The maximum Gasteiger partial charge on any atom is 0.157 e. The lowest BCUT2D eigenvalue weighted by Gasteiger charge is -2.36. The monoisotopic (exact) mass is 403 g/mol. The van der Waals surface area contributed by atoms with Crippen molar-refractivity contribution in [2.75, 3.05) is 18.6 Å². The van der Waals surface area contributed by atoms with Crippen molar-refractivity contribution in [3.8, 4) is 12.1 Å². The number of nitriles is 2. The summed E-state index contributed by atoms with van der Waals surface area (Å²) in [4.78, 5) is 1.68. The molecule has 0 aromatic heterocycles. The minimum absolute atomic E-state index is 0.115. The van der Waals surface area contributed by atoms with E-state index < -0.39 is 11.6 Å². The van der Waals surface area contributed by atoms with Crippen molar-refractivity contribution < 1.29 is 13.5 Å². The smallest absolute Gasteiger partial charge is 0.157 e. The number of ether oxygens (including phenoxy) is 1. The minimum atomic E-state index is -0.670. The largest absolute Gasteiger partial charge is 0.377 e. The minimum Gasteiger partial charge on any atom is -0.377 e. The van der Waals surface area contributed by atoms with E-state index in [-0.39, 0.29) is 21.7 Å². The van der Waals surface area contributed by atoms with Gasteiger partial charge in [0.15, 0.2) is 5.82 Å². The van der Waals surface area contributed by atoms with Gasteiger partial charge < -0.3 is 9.64 Å². The van der Waals surface area contributed by atoms with Crippen molar-refractivity contribution in [3.63, 3.8) is 0 Å². The fourth-order valence-electron chi connectivity index (χ4n) is 3.12. The van der Waals surface area contributed by atoms with Gasteiger partial charge in [-0.25, -0.2) is 8.78 Å². The summed E-state index contributed by atoms with van der Waals surface area (Å²) in [6, 6.07) is 9.41. The predicted octanol–water partition coefficient (Wildman–Crippen LogP) is 4.70. The molecule has 1 atom stereocenters. The van der Waals surface area contributed by atoms with E-state index in [0.29, 0.717) is 29.9 Å². The van der Waals surface area contributed by atoms with Gasteiger partial charge in [0.25, 0.3) is 0 Å². The Morgan fingerprint density at radius 3 is 2.64 bits per heavy atom. The molecule has 1 heterocycles. The normalized spacial score (nSPS) is 16.1. The summed E-state index contributed by atoms with van der Waals surface area (Å²) in [7, 11) is 1.51. The van der Waals surface area contributed by atoms with Crippen LogP contribution in [0.1, 0.15) is 29.2 Å². The number of benzene rings is 2. The lowest BCUT2D eigenvalue weighted by molar-refractivity contribution is 0.0943. The third kappa shape index (κ3) is 2.86. The number of halogens is 3. The van der Waals surface area contributed by atoms with Crippen molar-refractivity contribution in [1.82, 2.24) is 0 Å². The van der Waals surface area contributed by atoms with Gasteiger partial charge in [-0.2, -0.15) is 10.5 Å². The van der Waals surface area contributed by atoms with Gasteiger partial charge >= 0.3 is 0 Å². The first kappa shape index (κ1) is 17.3. The van der Waals surface area contributed by atoms with Crippen LogP contribution in [0, 0.1) is 34.3 Å². The second-order valence-electron chi connectivity index (χ2n) is 5.53. The highest BCUT2D eigenvalue weighted by Gasteiger charge is 2.31. The number of anilines is 2. The molecular formula is C18H12BrF2N3O. The first-order valence-electron chi connectivity index (χ1n) is 7.43. The van der Waals surface area contributed by atoms with E-state index in [1.807, 2.05) is 12.1 Å². The zero-order valence-electron chi connectivity index (χ0n) is 13.2. The number of methoxy groups -OCH3 is 1. The molecule has 7 heteroatoms. The quantitative estimate of drug-likeness (QED) is 0.728. The van der Waals surface area contributed by atoms with E-state index in [1.54, 1.807) is 11.0 Å². The number of nitrogens with zero attached hydrogens (tertiary/aromatic N) is 3. The van der Waals surface area contributed by atoms with Crippen molar-refractivity contribution in [2.45, 2.75) is 12.5 Å². The van der Waals surface area contributed by atoms with E-state index in [2.05, 4.69) is 15.9 Å². The second kappa shape index (κ2) is 6.79. The number of rotatable bonds is 2. The molecule has 0 N–H and O–H groups in total. The van der Waals surface area contributed by atoms with Gasteiger partial charge in [0, 0.05) is 19.2 Å². The van der Waals surface area contributed by atoms with E-state index in [0.717, 1.165) is 6.07 Å². The maximum absolute atomic E-state index is 14.3. The lowest BCUT2D eigenvalue weighted by atomic mass is 9.94. The van der Waals surface area contributed by atoms with E-state index >= 15 is 0 Å². The zero-order valence-corrected chi connectivity index (χ0v) is 14.8. The second-order valence-corrected chi connectivity index (χ2v) is 6.39. The Morgan fingerprint density at radius 1 is 1.24 bits per heavy atom. The van der Waals surface area contributed by atoms with Gasteiger partial charge in [0.05, 0.1) is 27.5 Å². The summed E-state index contributed by atoms with van der Waals surface area (Å²) in [6.07, 6.45) is 0.139. The van der Waals surface area contributed by atoms with Crippen molar-refractivity contribution in [3.05, 3.63) is 57.1 Å². The molecule has 0 saturated carbocycles. The third-order valence-corrected chi connectivity index (χ3v) is 4.83. The molecule has 1 unspecified atom stereocenters. The zero-order chi connectivity index (χ0) is 18.1. The maximum atomic E-state index is 14.3. The Hall–Kier alpha value is -2.48. The summed E-state index contributed by atoms with van der Waals surface area (Å²) < 4.78 is 33.8. The molecule has 0 fully saturated rings.